The molecule has 2 aromatic carbocycles. The second-order valence-corrected chi connectivity index (χ2v) is 8.03. The Hall–Kier alpha value is -2.24. The van der Waals surface area contributed by atoms with Crippen molar-refractivity contribution >= 4 is 5.91 Å². The number of benzene rings is 2. The topological polar surface area (TPSA) is 38.8 Å². The molecule has 0 aliphatic carbocycles. The van der Waals surface area contributed by atoms with E-state index in [1.807, 2.05) is 6.07 Å². The van der Waals surface area contributed by atoms with Crippen LogP contribution in [-0.4, -0.2) is 43.2 Å². The van der Waals surface area contributed by atoms with Gasteiger partial charge in [-0.2, -0.15) is 0 Å². The predicted molar refractivity (Wildman–Crippen MR) is 109 cm³/mol. The summed E-state index contributed by atoms with van der Waals surface area (Å²) in [5, 5.41) is 0. The number of halogens is 1. The Morgan fingerprint density at radius 2 is 1.79 bits per heavy atom. The van der Waals surface area contributed by atoms with Crippen LogP contribution >= 0.6 is 0 Å². The number of hydrogen-bond acceptors (Lipinski definition) is 3. The first-order valence-corrected chi connectivity index (χ1v) is 10.4. The standard InChI is InChI=1S/C24H28FNO3/c1-28-11-12-29-16-20-13-18(7-10-23(20)25)24(27)26-21-8-9-22(26)15-19(14-21)17-5-3-2-4-6-17/h2-7,10,13,19,21-22H,8-9,11-12,14-16H2,1H3/t19?,21-,22+. The fraction of sp³-hybridized carbons (Fsp3) is 0.458. The Bertz CT molecular complexity index is 827. The van der Waals surface area contributed by atoms with Gasteiger partial charge in [0.05, 0.1) is 19.8 Å². The predicted octanol–water partition coefficient (Wildman–Crippen LogP) is 4.54. The van der Waals surface area contributed by atoms with E-state index >= 15 is 0 Å². The summed E-state index contributed by atoms with van der Waals surface area (Å²) in [4.78, 5) is 15.3. The summed E-state index contributed by atoms with van der Waals surface area (Å²) < 4.78 is 24.5. The summed E-state index contributed by atoms with van der Waals surface area (Å²) in [6, 6.07) is 15.7. The average Bonchev–Trinajstić information content (AvgIpc) is 3.01. The van der Waals surface area contributed by atoms with Crippen LogP contribution in [0.4, 0.5) is 4.39 Å². The highest BCUT2D eigenvalue weighted by Crippen LogP contribution is 2.43. The highest BCUT2D eigenvalue weighted by Gasteiger charge is 2.43. The fourth-order valence-electron chi connectivity index (χ4n) is 4.80. The molecule has 4 rings (SSSR count). The molecule has 2 saturated heterocycles. The molecule has 0 aromatic heterocycles. The molecule has 2 aliphatic heterocycles. The number of amides is 1. The van der Waals surface area contributed by atoms with Gasteiger partial charge in [-0.15, -0.1) is 0 Å². The first-order valence-electron chi connectivity index (χ1n) is 10.4. The second-order valence-electron chi connectivity index (χ2n) is 8.03. The molecule has 5 heteroatoms. The highest BCUT2D eigenvalue weighted by atomic mass is 19.1. The van der Waals surface area contributed by atoms with Gasteiger partial charge in [0.25, 0.3) is 5.91 Å². The number of rotatable bonds is 7. The molecule has 2 fully saturated rings. The summed E-state index contributed by atoms with van der Waals surface area (Å²) in [5.41, 5.74) is 2.33. The number of carbonyl (C=O) groups is 1. The van der Waals surface area contributed by atoms with Crippen molar-refractivity contribution in [3.8, 4) is 0 Å². The molecule has 0 spiro atoms. The Balaban J connectivity index is 1.46. The lowest BCUT2D eigenvalue weighted by Gasteiger charge is -2.39. The number of methoxy groups -OCH3 is 1. The van der Waals surface area contributed by atoms with Gasteiger partial charge in [0.2, 0.25) is 0 Å². The highest BCUT2D eigenvalue weighted by molar-refractivity contribution is 5.95. The second kappa shape index (κ2) is 9.06. The molecule has 154 valence electrons. The van der Waals surface area contributed by atoms with Gasteiger partial charge < -0.3 is 14.4 Å². The summed E-state index contributed by atoms with van der Waals surface area (Å²) >= 11 is 0. The molecule has 2 aliphatic rings. The summed E-state index contributed by atoms with van der Waals surface area (Å²) in [7, 11) is 1.60. The van der Waals surface area contributed by atoms with Crippen LogP contribution in [0.1, 0.15) is 53.1 Å². The van der Waals surface area contributed by atoms with E-state index < -0.39 is 0 Å². The molecule has 0 radical (unpaired) electrons. The van der Waals surface area contributed by atoms with E-state index in [1.165, 1.54) is 11.6 Å². The van der Waals surface area contributed by atoms with Gasteiger partial charge in [-0.05, 0) is 55.4 Å². The zero-order chi connectivity index (χ0) is 20.2. The Kier molecular flexibility index (Phi) is 6.26. The zero-order valence-electron chi connectivity index (χ0n) is 16.9. The molecule has 3 atom stereocenters. The molecule has 1 amide bonds. The van der Waals surface area contributed by atoms with Crippen molar-refractivity contribution in [2.45, 2.75) is 50.3 Å². The molecule has 29 heavy (non-hydrogen) atoms. The van der Waals surface area contributed by atoms with Crippen molar-refractivity contribution in [3.05, 3.63) is 71.0 Å². The lowest BCUT2D eigenvalue weighted by molar-refractivity contribution is 0.0565. The van der Waals surface area contributed by atoms with Crippen molar-refractivity contribution in [2.24, 2.45) is 0 Å². The van der Waals surface area contributed by atoms with Crippen LogP contribution in [0.25, 0.3) is 0 Å². The van der Waals surface area contributed by atoms with Gasteiger partial charge in [0.15, 0.2) is 0 Å². The molecular formula is C24H28FNO3. The van der Waals surface area contributed by atoms with Crippen LogP contribution in [-0.2, 0) is 16.1 Å². The van der Waals surface area contributed by atoms with Crippen LogP contribution < -0.4 is 0 Å². The fourth-order valence-corrected chi connectivity index (χ4v) is 4.80. The molecule has 4 nitrogen and oxygen atoms in total. The molecular weight excluding hydrogens is 369 g/mol. The number of fused-ring (bicyclic) bond motifs is 2. The number of ether oxygens (including phenoxy) is 2. The Morgan fingerprint density at radius 3 is 2.48 bits per heavy atom. The van der Waals surface area contributed by atoms with E-state index in [0.29, 0.717) is 30.3 Å². The lowest BCUT2D eigenvalue weighted by atomic mass is 9.85. The monoisotopic (exact) mass is 397 g/mol. The molecule has 1 unspecified atom stereocenters. The van der Waals surface area contributed by atoms with E-state index in [4.69, 9.17) is 9.47 Å². The van der Waals surface area contributed by atoms with Crippen molar-refractivity contribution in [2.75, 3.05) is 20.3 Å². The molecule has 2 bridgehead atoms. The molecule has 0 N–H and O–H groups in total. The van der Waals surface area contributed by atoms with Crippen LogP contribution in [0, 0.1) is 5.82 Å². The number of carbonyl (C=O) groups excluding carboxylic acids is 1. The van der Waals surface area contributed by atoms with E-state index in [9.17, 15) is 9.18 Å². The molecule has 2 heterocycles. The average molecular weight is 397 g/mol. The maximum absolute atomic E-state index is 14.2. The van der Waals surface area contributed by atoms with Crippen LogP contribution in [0.5, 0.6) is 0 Å². The molecule has 0 saturated carbocycles. The zero-order valence-corrected chi connectivity index (χ0v) is 16.9. The van der Waals surface area contributed by atoms with Crippen LogP contribution in [0.15, 0.2) is 48.5 Å². The van der Waals surface area contributed by atoms with Gasteiger partial charge in [-0.1, -0.05) is 30.3 Å². The van der Waals surface area contributed by atoms with Crippen LogP contribution in [0.3, 0.4) is 0 Å². The molecule has 2 aromatic rings. The smallest absolute Gasteiger partial charge is 0.254 e. The number of piperidine rings is 1. The van der Waals surface area contributed by atoms with Gasteiger partial charge in [-0.25, -0.2) is 4.39 Å². The largest absolute Gasteiger partial charge is 0.382 e. The van der Waals surface area contributed by atoms with E-state index in [1.54, 1.807) is 19.2 Å². The SMILES string of the molecule is COCCOCc1cc(C(=O)N2[C@@H]3CC[C@H]2CC(c2ccccc2)C3)ccc1F. The summed E-state index contributed by atoms with van der Waals surface area (Å²) in [5.74, 6) is 0.183. The van der Waals surface area contributed by atoms with Gasteiger partial charge >= 0.3 is 0 Å². The quantitative estimate of drug-likeness (QED) is 0.644. The van der Waals surface area contributed by atoms with Crippen LogP contribution in [0.2, 0.25) is 0 Å². The first-order chi connectivity index (χ1) is 14.2. The third-order valence-electron chi connectivity index (χ3n) is 6.22. The normalized spacial score (nSPS) is 23.4. The minimum absolute atomic E-state index is 0.0159. The van der Waals surface area contributed by atoms with E-state index in [0.717, 1.165) is 25.7 Å². The van der Waals surface area contributed by atoms with Crippen molar-refractivity contribution in [3.63, 3.8) is 0 Å². The summed E-state index contributed by atoms with van der Waals surface area (Å²) in [6.07, 6.45) is 4.10. The maximum atomic E-state index is 14.2. The Labute approximate surface area is 171 Å². The Morgan fingerprint density at radius 1 is 1.07 bits per heavy atom. The number of nitrogens with zero attached hydrogens (tertiary/aromatic N) is 1. The third kappa shape index (κ3) is 4.36. The van der Waals surface area contributed by atoms with Gasteiger partial charge in [-0.3, -0.25) is 4.79 Å². The minimum Gasteiger partial charge on any atom is -0.382 e. The van der Waals surface area contributed by atoms with Gasteiger partial charge in [0.1, 0.15) is 5.82 Å². The number of hydrogen-bond donors (Lipinski definition) is 0. The van der Waals surface area contributed by atoms with E-state index in [2.05, 4.69) is 29.2 Å². The lowest BCUT2D eigenvalue weighted by Crippen LogP contribution is -2.46. The third-order valence-corrected chi connectivity index (χ3v) is 6.22. The first kappa shape index (κ1) is 20.0. The van der Waals surface area contributed by atoms with Crippen molar-refractivity contribution < 1.29 is 18.7 Å². The van der Waals surface area contributed by atoms with Crippen molar-refractivity contribution in [1.29, 1.82) is 0 Å². The minimum atomic E-state index is -0.343. The maximum Gasteiger partial charge on any atom is 0.254 e. The van der Waals surface area contributed by atoms with Gasteiger partial charge in [0, 0.05) is 30.3 Å². The summed E-state index contributed by atoms with van der Waals surface area (Å²) in [6.45, 7) is 0.991. The van der Waals surface area contributed by atoms with Crippen molar-refractivity contribution in [1.82, 2.24) is 4.90 Å². The van der Waals surface area contributed by atoms with E-state index in [-0.39, 0.29) is 30.4 Å².